The van der Waals surface area contributed by atoms with Crippen LogP contribution in [0.25, 0.3) is 0 Å². The van der Waals surface area contributed by atoms with E-state index in [-0.39, 0.29) is 31.0 Å². The fourth-order valence-corrected chi connectivity index (χ4v) is 5.74. The molecule has 0 spiro atoms. The van der Waals surface area contributed by atoms with Crippen LogP contribution in [0, 0.1) is 0 Å². The number of carboxylic acid groups (broad SMARTS) is 2. The maximum absolute atomic E-state index is 11.1. The molecule has 2 aliphatic heterocycles. The summed E-state index contributed by atoms with van der Waals surface area (Å²) in [7, 11) is 0. The Balaban J connectivity index is 0.000000396. The van der Waals surface area contributed by atoms with Crippen molar-refractivity contribution in [2.45, 2.75) is 114 Å². The Labute approximate surface area is 233 Å². The quantitative estimate of drug-likeness (QED) is 0.0784. The van der Waals surface area contributed by atoms with Gasteiger partial charge in [-0.3, -0.25) is 9.59 Å². The minimum Gasteiger partial charge on any atom is -0.481 e. The number of allylic oxidation sites excluding steroid dienone is 8. The summed E-state index contributed by atoms with van der Waals surface area (Å²) >= 11 is 1.87. The molecule has 2 rings (SSSR count). The summed E-state index contributed by atoms with van der Waals surface area (Å²) in [5.41, 5.74) is 0. The smallest absolute Gasteiger partial charge is 0.315 e. The monoisotopic (exact) mass is 548 g/mol. The molecule has 38 heavy (non-hydrogen) atoms. The summed E-state index contributed by atoms with van der Waals surface area (Å²) in [6, 6.07) is 0.440. The van der Waals surface area contributed by atoms with Gasteiger partial charge in [-0.25, -0.2) is 4.79 Å². The van der Waals surface area contributed by atoms with Crippen LogP contribution in [0.5, 0.6) is 0 Å². The van der Waals surface area contributed by atoms with E-state index in [0.29, 0.717) is 5.25 Å². The zero-order valence-electron chi connectivity index (χ0n) is 23.0. The van der Waals surface area contributed by atoms with Crippen molar-refractivity contribution in [2.24, 2.45) is 0 Å². The van der Waals surface area contributed by atoms with Crippen molar-refractivity contribution in [2.75, 3.05) is 5.75 Å². The summed E-state index contributed by atoms with van der Waals surface area (Å²) in [6.45, 7) is 2.23. The fraction of sp³-hybridized carbons (Fsp3) is 0.633. The van der Waals surface area contributed by atoms with Gasteiger partial charge in [-0.1, -0.05) is 74.8 Å². The molecule has 3 atom stereocenters. The van der Waals surface area contributed by atoms with Gasteiger partial charge in [0, 0.05) is 23.8 Å². The number of unbranched alkanes of at least 4 members (excludes halogenated alkanes) is 5. The van der Waals surface area contributed by atoms with Crippen LogP contribution in [0.3, 0.4) is 0 Å². The van der Waals surface area contributed by atoms with E-state index in [1.165, 1.54) is 25.7 Å². The van der Waals surface area contributed by atoms with E-state index in [1.54, 1.807) is 0 Å². The Kier molecular flexibility index (Phi) is 19.9. The molecule has 2 fully saturated rings. The van der Waals surface area contributed by atoms with E-state index in [0.717, 1.165) is 57.1 Å². The molecule has 0 radical (unpaired) electrons. The number of thioether (sulfide) groups is 1. The number of urea groups is 1. The van der Waals surface area contributed by atoms with E-state index in [4.69, 9.17) is 10.2 Å². The van der Waals surface area contributed by atoms with Crippen molar-refractivity contribution >= 4 is 29.7 Å². The molecule has 2 heterocycles. The van der Waals surface area contributed by atoms with Gasteiger partial charge in [0.1, 0.15) is 0 Å². The van der Waals surface area contributed by atoms with Gasteiger partial charge in [-0.15, -0.1) is 0 Å². The second kappa shape index (κ2) is 22.5. The molecular formula is C30H48N2O5S. The molecule has 7 nitrogen and oxygen atoms in total. The zero-order chi connectivity index (χ0) is 27.8. The minimum absolute atomic E-state index is 0.0640. The highest BCUT2D eigenvalue weighted by Crippen LogP contribution is 2.33. The third-order valence-corrected chi connectivity index (χ3v) is 7.80. The van der Waals surface area contributed by atoms with Crippen LogP contribution in [0.15, 0.2) is 48.6 Å². The number of carbonyl (C=O) groups excluding carboxylic acids is 1. The molecular weight excluding hydrogens is 500 g/mol. The lowest BCUT2D eigenvalue weighted by molar-refractivity contribution is -0.138. The molecule has 3 unspecified atom stereocenters. The lowest BCUT2D eigenvalue weighted by atomic mass is 10.0. The van der Waals surface area contributed by atoms with Crippen LogP contribution in [-0.2, 0) is 9.59 Å². The first-order valence-electron chi connectivity index (χ1n) is 14.2. The molecule has 0 saturated carbocycles. The van der Waals surface area contributed by atoms with Gasteiger partial charge in [-0.05, 0) is 57.8 Å². The topological polar surface area (TPSA) is 116 Å². The molecule has 2 saturated heterocycles. The summed E-state index contributed by atoms with van der Waals surface area (Å²) in [5.74, 6) is -0.476. The number of fused-ring (bicyclic) bond motifs is 1. The van der Waals surface area contributed by atoms with Crippen LogP contribution in [0.4, 0.5) is 4.79 Å². The predicted molar refractivity (Wildman–Crippen MR) is 158 cm³/mol. The van der Waals surface area contributed by atoms with Crippen LogP contribution in [0.1, 0.15) is 96.8 Å². The number of carboxylic acids is 2. The van der Waals surface area contributed by atoms with Crippen LogP contribution < -0.4 is 10.6 Å². The van der Waals surface area contributed by atoms with Crippen molar-refractivity contribution in [3.8, 4) is 0 Å². The van der Waals surface area contributed by atoms with Gasteiger partial charge in [-0.2, -0.15) is 11.8 Å². The number of amides is 2. The highest BCUT2D eigenvalue weighted by Gasteiger charge is 2.42. The highest BCUT2D eigenvalue weighted by atomic mass is 32.2. The predicted octanol–water partition coefficient (Wildman–Crippen LogP) is 7.01. The normalized spacial score (nSPS) is 20.7. The summed E-state index contributed by atoms with van der Waals surface area (Å²) in [6.07, 6.45) is 30.2. The Morgan fingerprint density at radius 2 is 1.34 bits per heavy atom. The number of hydrogen-bond donors (Lipinski definition) is 4. The first kappa shape index (κ1) is 33.5. The molecule has 0 aromatic heterocycles. The van der Waals surface area contributed by atoms with Crippen molar-refractivity contribution in [1.82, 2.24) is 10.6 Å². The molecule has 8 heteroatoms. The molecule has 0 aliphatic carbocycles. The molecule has 2 amide bonds. The number of nitrogens with one attached hydrogen (secondary N) is 2. The van der Waals surface area contributed by atoms with E-state index >= 15 is 0 Å². The Bertz CT molecular complexity index is 794. The van der Waals surface area contributed by atoms with Gasteiger partial charge in [0.15, 0.2) is 0 Å². The van der Waals surface area contributed by atoms with Crippen molar-refractivity contribution in [3.63, 3.8) is 0 Å². The molecule has 2 aliphatic rings. The Hall–Kier alpha value is -2.48. The average molecular weight is 549 g/mol. The second-order valence-electron chi connectivity index (χ2n) is 9.64. The van der Waals surface area contributed by atoms with E-state index < -0.39 is 11.9 Å². The molecule has 0 aromatic rings. The first-order valence-corrected chi connectivity index (χ1v) is 15.2. The largest absolute Gasteiger partial charge is 0.481 e. The van der Waals surface area contributed by atoms with Crippen molar-refractivity contribution in [1.29, 1.82) is 0 Å². The number of hydrogen-bond acceptors (Lipinski definition) is 4. The SMILES string of the molecule is CCCCCC=CCC=CCC=CCC=CCCCC(=O)O.O=C(O)CCCCC1SCC2NC(=O)NC21. The lowest BCUT2D eigenvalue weighted by Crippen LogP contribution is -2.36. The summed E-state index contributed by atoms with van der Waals surface area (Å²) in [4.78, 5) is 31.8. The summed E-state index contributed by atoms with van der Waals surface area (Å²) < 4.78 is 0. The maximum Gasteiger partial charge on any atom is 0.315 e. The van der Waals surface area contributed by atoms with Crippen molar-refractivity contribution < 1.29 is 24.6 Å². The molecule has 4 N–H and O–H groups in total. The standard InChI is InChI=1S/C20H32O2.C10H16N2O3S/c1-2-3-4-5-6-7-8-9-10-11-12-13-14-15-16-17-18-19-20(21)22;13-8(14)4-2-1-3-7-9-6(5-16-7)11-10(15)12-9/h6-7,9-10,12-13,15-16H,2-5,8,11,14,17-19H2,1H3,(H,21,22);6-7,9H,1-5H2,(H,13,14)(H2,11,12,15). The molecule has 0 bridgehead atoms. The first-order chi connectivity index (χ1) is 18.4. The van der Waals surface area contributed by atoms with E-state index in [1.807, 2.05) is 11.8 Å². The van der Waals surface area contributed by atoms with Crippen LogP contribution in [0.2, 0.25) is 0 Å². The van der Waals surface area contributed by atoms with Gasteiger partial charge < -0.3 is 20.8 Å². The Morgan fingerprint density at radius 3 is 1.92 bits per heavy atom. The number of rotatable bonds is 19. The summed E-state index contributed by atoms with van der Waals surface area (Å²) in [5, 5.41) is 23.3. The van der Waals surface area contributed by atoms with Gasteiger partial charge in [0.25, 0.3) is 0 Å². The number of carbonyl (C=O) groups is 3. The number of aliphatic carboxylic acids is 2. The minimum atomic E-state index is -0.729. The lowest BCUT2D eigenvalue weighted by Gasteiger charge is -2.16. The fourth-order valence-electron chi connectivity index (χ4n) is 4.20. The van der Waals surface area contributed by atoms with Crippen LogP contribution >= 0.6 is 11.8 Å². The third-order valence-electron chi connectivity index (χ3n) is 6.29. The van der Waals surface area contributed by atoms with Crippen LogP contribution in [-0.4, -0.2) is 51.3 Å². The maximum atomic E-state index is 11.1. The van der Waals surface area contributed by atoms with Crippen molar-refractivity contribution in [3.05, 3.63) is 48.6 Å². The van der Waals surface area contributed by atoms with Gasteiger partial charge in [0.2, 0.25) is 0 Å². The Morgan fingerprint density at radius 1 is 0.789 bits per heavy atom. The second-order valence-corrected chi connectivity index (χ2v) is 10.9. The average Bonchev–Trinajstić information content (AvgIpc) is 3.43. The zero-order valence-corrected chi connectivity index (χ0v) is 23.8. The van der Waals surface area contributed by atoms with E-state index in [2.05, 4.69) is 66.2 Å². The highest BCUT2D eigenvalue weighted by molar-refractivity contribution is 8.00. The van der Waals surface area contributed by atoms with Gasteiger partial charge in [0.05, 0.1) is 12.1 Å². The third kappa shape index (κ3) is 17.9. The van der Waals surface area contributed by atoms with Gasteiger partial charge >= 0.3 is 18.0 Å². The molecule has 0 aromatic carbocycles. The van der Waals surface area contributed by atoms with E-state index in [9.17, 15) is 14.4 Å². The molecule has 214 valence electrons.